The number of hydrogen-bond donors (Lipinski definition) is 2. The number of amides is 1. The van der Waals surface area contributed by atoms with Crippen molar-refractivity contribution in [3.63, 3.8) is 0 Å². The average Bonchev–Trinajstić information content (AvgIpc) is 3.55. The normalized spacial score (nSPS) is 18.9. The summed E-state index contributed by atoms with van der Waals surface area (Å²) in [6, 6.07) is 10.9. The minimum atomic E-state index is -2.82. The van der Waals surface area contributed by atoms with Crippen molar-refractivity contribution < 1.29 is 28.2 Å². The van der Waals surface area contributed by atoms with E-state index < -0.39 is 18.1 Å². The molecule has 2 aliphatic rings. The summed E-state index contributed by atoms with van der Waals surface area (Å²) in [5, 5.41) is 28.2. The molecule has 1 unspecified atom stereocenters. The molecule has 0 aliphatic carbocycles. The molecule has 2 N–H and O–H groups in total. The summed E-state index contributed by atoms with van der Waals surface area (Å²) in [4.78, 5) is 21.1. The van der Waals surface area contributed by atoms with Gasteiger partial charge in [0, 0.05) is 44.0 Å². The van der Waals surface area contributed by atoms with E-state index >= 15 is 0 Å². The molecular formula is C29H29F2N7O4. The molecule has 218 valence electrons. The molecule has 42 heavy (non-hydrogen) atoms. The van der Waals surface area contributed by atoms with Crippen LogP contribution in [0.3, 0.4) is 0 Å². The van der Waals surface area contributed by atoms with Crippen LogP contribution in [0.5, 0.6) is 17.4 Å². The Kier molecular flexibility index (Phi) is 6.94. The van der Waals surface area contributed by atoms with Crippen LogP contribution in [0.4, 0.5) is 19.3 Å². The predicted octanol–water partition coefficient (Wildman–Crippen LogP) is 4.60. The van der Waals surface area contributed by atoms with Crippen molar-refractivity contribution in [1.29, 1.82) is 5.26 Å². The van der Waals surface area contributed by atoms with Gasteiger partial charge in [0.25, 0.3) is 5.92 Å². The van der Waals surface area contributed by atoms with Crippen LogP contribution in [0.25, 0.3) is 21.8 Å². The molecule has 0 radical (unpaired) electrons. The number of ether oxygens (including phenoxy) is 2. The summed E-state index contributed by atoms with van der Waals surface area (Å²) in [5.74, 6) is -1.81. The van der Waals surface area contributed by atoms with E-state index in [2.05, 4.69) is 16.3 Å². The van der Waals surface area contributed by atoms with Gasteiger partial charge in [-0.15, -0.1) is 0 Å². The van der Waals surface area contributed by atoms with Crippen molar-refractivity contribution in [2.45, 2.75) is 25.3 Å². The van der Waals surface area contributed by atoms with Gasteiger partial charge in [0.2, 0.25) is 5.88 Å². The maximum absolute atomic E-state index is 14.1. The van der Waals surface area contributed by atoms with Crippen LogP contribution in [-0.4, -0.2) is 94.5 Å². The maximum Gasteiger partial charge on any atom is 0.407 e. The SMILES string of the molecule is Cc1ccc2[nH]ncc2c1Oc1cccc2c(N3CCN(C(=O)O)CC3)c(C#N)c(OCC3CC(F)(F)CN3C)nc12. The second-order valence-electron chi connectivity index (χ2n) is 10.7. The van der Waals surface area contributed by atoms with Gasteiger partial charge in [-0.1, -0.05) is 18.2 Å². The lowest BCUT2D eigenvalue weighted by Crippen LogP contribution is -2.48. The Bertz CT molecular complexity index is 1710. The Morgan fingerprint density at radius 3 is 2.69 bits per heavy atom. The molecule has 0 spiro atoms. The van der Waals surface area contributed by atoms with E-state index in [1.807, 2.05) is 30.0 Å². The van der Waals surface area contributed by atoms with Crippen molar-refractivity contribution in [2.75, 3.05) is 51.3 Å². The number of hydrogen-bond acceptors (Lipinski definition) is 8. The summed E-state index contributed by atoms with van der Waals surface area (Å²) in [5.41, 5.74) is 2.79. The van der Waals surface area contributed by atoms with E-state index in [0.717, 1.165) is 16.5 Å². The van der Waals surface area contributed by atoms with E-state index in [9.17, 15) is 23.9 Å². The molecule has 6 rings (SSSR count). The van der Waals surface area contributed by atoms with Crippen molar-refractivity contribution >= 4 is 33.6 Å². The number of aromatic nitrogens is 3. The predicted molar refractivity (Wildman–Crippen MR) is 151 cm³/mol. The first-order valence-corrected chi connectivity index (χ1v) is 13.6. The van der Waals surface area contributed by atoms with Gasteiger partial charge < -0.3 is 24.4 Å². The zero-order valence-electron chi connectivity index (χ0n) is 23.1. The summed E-state index contributed by atoms with van der Waals surface area (Å²) >= 11 is 0. The zero-order chi connectivity index (χ0) is 29.6. The number of carboxylic acid groups (broad SMARTS) is 1. The van der Waals surface area contributed by atoms with E-state index in [1.165, 1.54) is 4.90 Å². The summed E-state index contributed by atoms with van der Waals surface area (Å²) < 4.78 is 40.6. The van der Waals surface area contributed by atoms with Crippen molar-refractivity contribution in [3.05, 3.63) is 47.7 Å². The number of H-pyrrole nitrogens is 1. The topological polar surface area (TPSA) is 131 Å². The van der Waals surface area contributed by atoms with Crippen LogP contribution in [0, 0.1) is 18.3 Å². The third-order valence-electron chi connectivity index (χ3n) is 7.93. The smallest absolute Gasteiger partial charge is 0.407 e. The molecule has 0 saturated carbocycles. The van der Waals surface area contributed by atoms with Crippen LogP contribution >= 0.6 is 0 Å². The molecule has 1 atom stereocenters. The summed E-state index contributed by atoms with van der Waals surface area (Å²) in [6.45, 7) is 2.66. The van der Waals surface area contributed by atoms with Crippen molar-refractivity contribution in [2.24, 2.45) is 0 Å². The molecule has 2 aliphatic heterocycles. The van der Waals surface area contributed by atoms with Gasteiger partial charge in [-0.25, -0.2) is 18.6 Å². The Balaban J connectivity index is 1.45. The van der Waals surface area contributed by atoms with Gasteiger partial charge in [-0.3, -0.25) is 10.00 Å². The highest BCUT2D eigenvalue weighted by molar-refractivity contribution is 5.99. The van der Waals surface area contributed by atoms with E-state index in [-0.39, 0.29) is 44.1 Å². The second-order valence-corrected chi connectivity index (χ2v) is 10.7. The number of piperazine rings is 1. The first kappa shape index (κ1) is 27.5. The quantitative estimate of drug-likeness (QED) is 0.338. The molecular weight excluding hydrogens is 548 g/mol. The molecule has 4 aromatic rings. The Morgan fingerprint density at radius 1 is 1.21 bits per heavy atom. The third-order valence-corrected chi connectivity index (χ3v) is 7.93. The van der Waals surface area contributed by atoms with Crippen LogP contribution < -0.4 is 14.4 Å². The van der Waals surface area contributed by atoms with E-state index in [4.69, 9.17) is 14.5 Å². The minimum Gasteiger partial charge on any atom is -0.475 e. The Labute approximate surface area is 239 Å². The fourth-order valence-corrected chi connectivity index (χ4v) is 5.73. The molecule has 1 amide bonds. The van der Waals surface area contributed by atoms with Gasteiger partial charge in [0.15, 0.2) is 5.75 Å². The van der Waals surface area contributed by atoms with Gasteiger partial charge in [0.1, 0.15) is 29.5 Å². The number of likely N-dealkylation sites (N-methyl/N-ethyl adjacent to an activating group) is 1. The van der Waals surface area contributed by atoms with Crippen LogP contribution in [0.2, 0.25) is 0 Å². The number of halogens is 2. The number of carbonyl (C=O) groups is 1. The summed E-state index contributed by atoms with van der Waals surface area (Å²) in [6.07, 6.45) is 0.321. The van der Waals surface area contributed by atoms with Crippen LogP contribution in [-0.2, 0) is 0 Å². The Hall–Kier alpha value is -4.70. The molecule has 2 saturated heterocycles. The monoisotopic (exact) mass is 577 g/mol. The molecule has 11 nitrogen and oxygen atoms in total. The third kappa shape index (κ3) is 4.98. The number of fused-ring (bicyclic) bond motifs is 2. The number of benzene rings is 2. The highest BCUT2D eigenvalue weighted by atomic mass is 19.3. The number of likely N-dealkylation sites (tertiary alicyclic amines) is 1. The number of nitrogens with one attached hydrogen (secondary N) is 1. The number of aryl methyl sites for hydroxylation is 1. The number of pyridine rings is 1. The number of alkyl halides is 2. The highest BCUT2D eigenvalue weighted by Crippen LogP contribution is 2.42. The maximum atomic E-state index is 14.1. The first-order valence-electron chi connectivity index (χ1n) is 13.6. The molecule has 0 bridgehead atoms. The zero-order valence-corrected chi connectivity index (χ0v) is 23.1. The molecule has 2 aromatic heterocycles. The first-order chi connectivity index (χ1) is 20.1. The Morgan fingerprint density at radius 2 is 2.00 bits per heavy atom. The van der Waals surface area contributed by atoms with E-state index in [0.29, 0.717) is 41.2 Å². The standard InChI is InChI=1S/C29H29F2N7O4/c1-17-6-7-22-21(14-33-35-22)26(17)42-23-5-3-4-19-24(23)34-27(41-15-18-12-29(30,31)16-36(18)2)20(13-32)25(19)37-8-10-38(11-9-37)28(39)40/h3-7,14,18H,8-12,15-16H2,1-2H3,(H,33,35)(H,39,40). The number of rotatable bonds is 6. The van der Waals surface area contributed by atoms with Crippen molar-refractivity contribution in [1.82, 2.24) is 25.0 Å². The van der Waals surface area contributed by atoms with Gasteiger partial charge in [-0.05, 0) is 31.7 Å². The van der Waals surface area contributed by atoms with Gasteiger partial charge in [-0.2, -0.15) is 10.4 Å². The van der Waals surface area contributed by atoms with Crippen LogP contribution in [0.1, 0.15) is 17.5 Å². The lowest BCUT2D eigenvalue weighted by molar-refractivity contribution is 0.0137. The van der Waals surface area contributed by atoms with Crippen LogP contribution in [0.15, 0.2) is 36.5 Å². The van der Waals surface area contributed by atoms with Gasteiger partial charge in [0.05, 0.1) is 29.3 Å². The number of aromatic amines is 1. The largest absolute Gasteiger partial charge is 0.475 e. The lowest BCUT2D eigenvalue weighted by Gasteiger charge is -2.35. The fraction of sp³-hybridized carbons (Fsp3) is 0.379. The van der Waals surface area contributed by atoms with Gasteiger partial charge >= 0.3 is 6.09 Å². The second kappa shape index (κ2) is 10.6. The number of para-hydroxylation sites is 1. The summed E-state index contributed by atoms with van der Waals surface area (Å²) in [7, 11) is 1.62. The minimum absolute atomic E-state index is 0.0126. The molecule has 13 heteroatoms. The average molecular weight is 578 g/mol. The number of nitrogens with zero attached hydrogens (tertiary/aromatic N) is 6. The number of nitriles is 1. The highest BCUT2D eigenvalue weighted by Gasteiger charge is 2.43. The number of anilines is 1. The lowest BCUT2D eigenvalue weighted by atomic mass is 10.1. The molecule has 4 heterocycles. The molecule has 2 fully saturated rings. The fourth-order valence-electron chi connectivity index (χ4n) is 5.73. The molecule has 2 aromatic carbocycles. The van der Waals surface area contributed by atoms with E-state index in [1.54, 1.807) is 30.3 Å². The van der Waals surface area contributed by atoms with Crippen molar-refractivity contribution in [3.8, 4) is 23.4 Å².